The molecule has 3 heteroatoms. The molecule has 92 valence electrons. The zero-order valence-electron chi connectivity index (χ0n) is 10.3. The highest BCUT2D eigenvalue weighted by Crippen LogP contribution is 2.14. The summed E-state index contributed by atoms with van der Waals surface area (Å²) >= 11 is 0. The molecule has 0 aliphatic carbocycles. The van der Waals surface area contributed by atoms with Crippen molar-refractivity contribution in [2.24, 2.45) is 5.10 Å². The molecule has 0 bridgehead atoms. The van der Waals surface area contributed by atoms with Gasteiger partial charge in [0.15, 0.2) is 0 Å². The molecule has 3 aromatic rings. The fourth-order valence-corrected chi connectivity index (χ4v) is 1.84. The fourth-order valence-electron chi connectivity index (χ4n) is 1.84. The Morgan fingerprint density at radius 1 is 0.842 bits per heavy atom. The lowest BCUT2D eigenvalue weighted by Gasteiger charge is -2.01. The van der Waals surface area contributed by atoms with E-state index in [-0.39, 0.29) is 0 Å². The molecule has 19 heavy (non-hydrogen) atoms. The summed E-state index contributed by atoms with van der Waals surface area (Å²) in [6.45, 7) is 0. The maximum absolute atomic E-state index is 4.48. The number of fused-ring (bicyclic) bond motifs is 1. The standard InChI is InChI=1S/C16H13N3/c1-2-6-13(7-3-1)12-17-19-16-11-10-14-8-4-5-9-15(14)18-16/h1-12H,(H,18,19)/b17-12-. The monoisotopic (exact) mass is 247 g/mol. The minimum atomic E-state index is 0.742. The molecule has 1 aromatic heterocycles. The third-order valence-corrected chi connectivity index (χ3v) is 2.79. The van der Waals surface area contributed by atoms with Gasteiger partial charge >= 0.3 is 0 Å². The van der Waals surface area contributed by atoms with E-state index in [0.717, 1.165) is 22.3 Å². The molecule has 0 aliphatic heterocycles. The fraction of sp³-hybridized carbons (Fsp3) is 0. The van der Waals surface area contributed by atoms with Gasteiger partial charge in [0, 0.05) is 5.39 Å². The first-order valence-electron chi connectivity index (χ1n) is 6.12. The molecule has 3 rings (SSSR count). The van der Waals surface area contributed by atoms with Gasteiger partial charge in [-0.15, -0.1) is 0 Å². The summed E-state index contributed by atoms with van der Waals surface area (Å²) < 4.78 is 0. The SMILES string of the molecule is C(=N/Nc1ccc2ccccc2n1)/c1ccccc1. The summed E-state index contributed by atoms with van der Waals surface area (Å²) in [5.74, 6) is 0.742. The average molecular weight is 247 g/mol. The zero-order chi connectivity index (χ0) is 12.9. The van der Waals surface area contributed by atoms with E-state index in [1.165, 1.54) is 0 Å². The first-order valence-corrected chi connectivity index (χ1v) is 6.12. The predicted octanol–water partition coefficient (Wildman–Crippen LogP) is 3.68. The molecule has 1 heterocycles. The lowest BCUT2D eigenvalue weighted by Crippen LogP contribution is -1.93. The molecule has 0 amide bonds. The van der Waals surface area contributed by atoms with Crippen molar-refractivity contribution in [3.05, 3.63) is 72.3 Å². The number of rotatable bonds is 3. The topological polar surface area (TPSA) is 37.3 Å². The van der Waals surface area contributed by atoms with Crippen LogP contribution in [0.1, 0.15) is 5.56 Å². The molecular formula is C16H13N3. The second-order valence-corrected chi connectivity index (χ2v) is 4.17. The van der Waals surface area contributed by atoms with Gasteiger partial charge in [-0.3, -0.25) is 5.43 Å². The van der Waals surface area contributed by atoms with Gasteiger partial charge in [-0.1, -0.05) is 48.5 Å². The number of nitrogens with one attached hydrogen (secondary N) is 1. The maximum atomic E-state index is 4.48. The van der Waals surface area contributed by atoms with Gasteiger partial charge in [-0.2, -0.15) is 5.10 Å². The number of hydrazone groups is 1. The molecule has 3 nitrogen and oxygen atoms in total. The second kappa shape index (κ2) is 5.31. The van der Waals surface area contributed by atoms with Crippen molar-refractivity contribution < 1.29 is 0 Å². The number of pyridine rings is 1. The summed E-state index contributed by atoms with van der Waals surface area (Å²) in [6, 6.07) is 21.9. The third kappa shape index (κ3) is 2.77. The van der Waals surface area contributed by atoms with Gasteiger partial charge in [0.25, 0.3) is 0 Å². The van der Waals surface area contributed by atoms with Crippen LogP contribution >= 0.6 is 0 Å². The molecule has 0 aliphatic rings. The highest BCUT2D eigenvalue weighted by Gasteiger charge is 1.95. The molecule has 2 aromatic carbocycles. The van der Waals surface area contributed by atoms with Gasteiger partial charge in [-0.05, 0) is 23.8 Å². The average Bonchev–Trinajstić information content (AvgIpc) is 2.48. The van der Waals surface area contributed by atoms with Crippen molar-refractivity contribution in [2.75, 3.05) is 5.43 Å². The molecule has 0 fully saturated rings. The molecule has 0 saturated heterocycles. The summed E-state index contributed by atoms with van der Waals surface area (Å²) in [5.41, 5.74) is 4.96. The van der Waals surface area contributed by atoms with Crippen LogP contribution in [-0.2, 0) is 0 Å². The quantitative estimate of drug-likeness (QED) is 0.566. The number of anilines is 1. The lowest BCUT2D eigenvalue weighted by atomic mass is 10.2. The lowest BCUT2D eigenvalue weighted by molar-refractivity contribution is 1.26. The summed E-state index contributed by atoms with van der Waals surface area (Å²) in [4.78, 5) is 4.48. The van der Waals surface area contributed by atoms with Crippen molar-refractivity contribution in [3.63, 3.8) is 0 Å². The zero-order valence-corrected chi connectivity index (χ0v) is 10.3. The molecule has 0 spiro atoms. The Morgan fingerprint density at radius 2 is 1.63 bits per heavy atom. The van der Waals surface area contributed by atoms with Gasteiger partial charge < -0.3 is 0 Å². The van der Waals surface area contributed by atoms with Crippen LogP contribution in [0.5, 0.6) is 0 Å². The van der Waals surface area contributed by atoms with E-state index in [1.54, 1.807) is 6.21 Å². The van der Waals surface area contributed by atoms with E-state index < -0.39 is 0 Å². The van der Waals surface area contributed by atoms with E-state index in [4.69, 9.17) is 0 Å². The minimum absolute atomic E-state index is 0.742. The minimum Gasteiger partial charge on any atom is -0.261 e. The highest BCUT2D eigenvalue weighted by atomic mass is 15.3. The van der Waals surface area contributed by atoms with Crippen molar-refractivity contribution >= 4 is 22.9 Å². The first-order chi connectivity index (χ1) is 9.42. The van der Waals surface area contributed by atoms with Crippen LogP contribution < -0.4 is 5.43 Å². The van der Waals surface area contributed by atoms with E-state index >= 15 is 0 Å². The van der Waals surface area contributed by atoms with Crippen molar-refractivity contribution in [1.82, 2.24) is 4.98 Å². The van der Waals surface area contributed by atoms with Gasteiger partial charge in [0.2, 0.25) is 0 Å². The van der Waals surface area contributed by atoms with E-state index in [9.17, 15) is 0 Å². The van der Waals surface area contributed by atoms with E-state index in [2.05, 4.69) is 15.5 Å². The van der Waals surface area contributed by atoms with Crippen molar-refractivity contribution in [3.8, 4) is 0 Å². The van der Waals surface area contributed by atoms with Crippen LogP contribution in [-0.4, -0.2) is 11.2 Å². The molecule has 0 radical (unpaired) electrons. The second-order valence-electron chi connectivity index (χ2n) is 4.17. The number of nitrogens with zero attached hydrogens (tertiary/aromatic N) is 2. The Morgan fingerprint density at radius 3 is 2.53 bits per heavy atom. The maximum Gasteiger partial charge on any atom is 0.146 e. The normalized spacial score (nSPS) is 10.9. The van der Waals surface area contributed by atoms with Gasteiger partial charge in [0.05, 0.1) is 11.7 Å². The number of hydrogen-bond acceptors (Lipinski definition) is 3. The van der Waals surface area contributed by atoms with Gasteiger partial charge in [-0.25, -0.2) is 4.98 Å². The van der Waals surface area contributed by atoms with Crippen LogP contribution in [0, 0.1) is 0 Å². The third-order valence-electron chi connectivity index (χ3n) is 2.79. The number of aromatic nitrogens is 1. The smallest absolute Gasteiger partial charge is 0.146 e. The predicted molar refractivity (Wildman–Crippen MR) is 79.4 cm³/mol. The molecule has 0 saturated carbocycles. The Kier molecular flexibility index (Phi) is 3.19. The number of para-hydroxylation sites is 1. The number of hydrogen-bond donors (Lipinski definition) is 1. The Bertz CT molecular complexity index is 705. The molecule has 0 atom stereocenters. The molecule has 1 N–H and O–H groups in total. The number of benzene rings is 2. The van der Waals surface area contributed by atoms with Crippen LogP contribution in [0.3, 0.4) is 0 Å². The molecule has 0 unspecified atom stereocenters. The Labute approximate surface area is 111 Å². The summed E-state index contributed by atoms with van der Waals surface area (Å²) in [5, 5.41) is 5.31. The highest BCUT2D eigenvalue weighted by molar-refractivity contribution is 5.81. The van der Waals surface area contributed by atoms with Crippen LogP contribution in [0.15, 0.2) is 71.8 Å². The Hall–Kier alpha value is -2.68. The van der Waals surface area contributed by atoms with Gasteiger partial charge in [0.1, 0.15) is 5.82 Å². The molecular weight excluding hydrogens is 234 g/mol. The first kappa shape index (κ1) is 11.4. The van der Waals surface area contributed by atoms with Crippen molar-refractivity contribution in [2.45, 2.75) is 0 Å². The largest absolute Gasteiger partial charge is 0.261 e. The van der Waals surface area contributed by atoms with E-state index in [1.807, 2.05) is 66.7 Å². The van der Waals surface area contributed by atoms with Crippen LogP contribution in [0.4, 0.5) is 5.82 Å². The van der Waals surface area contributed by atoms with E-state index in [0.29, 0.717) is 0 Å². The van der Waals surface area contributed by atoms with Crippen molar-refractivity contribution in [1.29, 1.82) is 0 Å². The van der Waals surface area contributed by atoms with Crippen LogP contribution in [0.25, 0.3) is 10.9 Å². The summed E-state index contributed by atoms with van der Waals surface area (Å²) in [6.07, 6.45) is 1.77. The summed E-state index contributed by atoms with van der Waals surface area (Å²) in [7, 11) is 0. The Balaban J connectivity index is 1.77. The van der Waals surface area contributed by atoms with Crippen LogP contribution in [0.2, 0.25) is 0 Å².